The summed E-state index contributed by atoms with van der Waals surface area (Å²) in [7, 11) is 1.46. The van der Waals surface area contributed by atoms with Gasteiger partial charge in [0.05, 0.1) is 41.7 Å². The van der Waals surface area contributed by atoms with Crippen molar-refractivity contribution in [2.45, 2.75) is 31.1 Å². The Balaban J connectivity index is 1.32. The molecule has 2 N–H and O–H groups in total. The van der Waals surface area contributed by atoms with Crippen LogP contribution in [0, 0.1) is 30.6 Å². The van der Waals surface area contributed by atoms with Crippen molar-refractivity contribution in [2.24, 2.45) is 23.7 Å². The van der Waals surface area contributed by atoms with E-state index in [1.54, 1.807) is 42.5 Å². The summed E-state index contributed by atoms with van der Waals surface area (Å²) in [6, 6.07) is 28.3. The fourth-order valence-corrected chi connectivity index (χ4v) is 8.98. The number of halogens is 1. The number of imide groups is 2. The molecule has 3 fully saturated rings. The Morgan fingerprint density at radius 1 is 0.860 bits per heavy atom. The van der Waals surface area contributed by atoms with Crippen LogP contribution < -0.4 is 15.1 Å². The van der Waals surface area contributed by atoms with Crippen LogP contribution in [0.1, 0.15) is 35.4 Å². The van der Waals surface area contributed by atoms with Crippen LogP contribution in [-0.2, 0) is 24.6 Å². The molecule has 4 aromatic carbocycles. The Labute approximate surface area is 294 Å². The van der Waals surface area contributed by atoms with Gasteiger partial charge in [0, 0.05) is 10.9 Å². The number of phenolic OH excluding ortho intramolecular Hbond substituents is 1. The normalized spacial score (nSPS) is 27.1. The van der Waals surface area contributed by atoms with Gasteiger partial charge in [0.25, 0.3) is 11.8 Å². The number of carbonyl (C=O) groups excluding carboxylic acids is 4. The molecule has 0 radical (unpaired) electrons. The standard InChI is InChI=1S/C40H34ClN3O6/c1-22-8-13-26(14-9-22)42-44-37(47)31-21-30-28(17-18-29-34(30)38(48)43(36(29)46)27-15-11-25(41)12-16-27)35(23-10-19-33(50-2)32(45)20-23)40(31,39(44)49)24-6-4-3-5-7-24/h3-17,19-20,29-31,34-35,42,45H,18,21H2,1-2H3. The van der Waals surface area contributed by atoms with Gasteiger partial charge in [-0.1, -0.05) is 77.3 Å². The van der Waals surface area contributed by atoms with Gasteiger partial charge in [0.2, 0.25) is 11.8 Å². The minimum absolute atomic E-state index is 0.117. The van der Waals surface area contributed by atoms with E-state index < -0.39 is 46.8 Å². The van der Waals surface area contributed by atoms with Gasteiger partial charge in [-0.3, -0.25) is 29.5 Å². The van der Waals surface area contributed by atoms with Crippen LogP contribution in [0.25, 0.3) is 0 Å². The number of aromatic hydroxyl groups is 1. The SMILES string of the molecule is COc1ccc(C2C3=CCC4C(=O)N(c5ccc(Cl)cc5)C(=O)C4C3CC3C(=O)N(Nc4ccc(C)cc4)C(=O)C32c2ccccc2)cc1O. The predicted octanol–water partition coefficient (Wildman–Crippen LogP) is 6.55. The smallest absolute Gasteiger partial charge is 0.260 e. The summed E-state index contributed by atoms with van der Waals surface area (Å²) in [6.45, 7) is 1.95. The second-order valence-electron chi connectivity index (χ2n) is 13.5. The molecule has 8 rings (SSSR count). The zero-order chi connectivity index (χ0) is 34.9. The molecule has 2 saturated heterocycles. The van der Waals surface area contributed by atoms with E-state index in [0.29, 0.717) is 27.5 Å². The lowest BCUT2D eigenvalue weighted by atomic mass is 9.49. The number of carbonyl (C=O) groups is 4. The van der Waals surface area contributed by atoms with E-state index in [1.165, 1.54) is 12.0 Å². The van der Waals surface area contributed by atoms with E-state index in [1.807, 2.05) is 67.6 Å². The number of amides is 4. The molecule has 2 heterocycles. The number of nitrogens with one attached hydrogen (secondary N) is 1. The van der Waals surface area contributed by atoms with E-state index in [4.69, 9.17) is 16.3 Å². The van der Waals surface area contributed by atoms with Crippen molar-refractivity contribution in [3.63, 3.8) is 0 Å². The lowest BCUT2D eigenvalue weighted by molar-refractivity contribution is -0.138. The number of hydrogen-bond acceptors (Lipinski definition) is 7. The van der Waals surface area contributed by atoms with Gasteiger partial charge >= 0.3 is 0 Å². The molecule has 4 aromatic rings. The van der Waals surface area contributed by atoms with E-state index >= 15 is 4.79 Å². The van der Waals surface area contributed by atoms with Crippen LogP contribution in [0.4, 0.5) is 11.4 Å². The first-order valence-electron chi connectivity index (χ1n) is 16.6. The summed E-state index contributed by atoms with van der Waals surface area (Å²) in [5.41, 5.74) is 5.74. The quantitative estimate of drug-likeness (QED) is 0.174. The monoisotopic (exact) mass is 687 g/mol. The van der Waals surface area contributed by atoms with Gasteiger partial charge in [-0.25, -0.2) is 0 Å². The molecule has 2 aliphatic carbocycles. The van der Waals surface area contributed by atoms with Crippen molar-refractivity contribution in [3.05, 3.63) is 130 Å². The van der Waals surface area contributed by atoms with Crippen LogP contribution >= 0.6 is 11.6 Å². The lowest BCUT2D eigenvalue weighted by Gasteiger charge is -2.50. The highest BCUT2D eigenvalue weighted by Gasteiger charge is 2.70. The number of methoxy groups -OCH3 is 1. The van der Waals surface area contributed by atoms with Crippen molar-refractivity contribution >= 4 is 46.6 Å². The molecule has 2 aliphatic heterocycles. The van der Waals surface area contributed by atoms with Gasteiger partial charge in [0.15, 0.2) is 11.5 Å². The number of ether oxygens (including phenoxy) is 1. The largest absolute Gasteiger partial charge is 0.504 e. The Morgan fingerprint density at radius 2 is 1.58 bits per heavy atom. The summed E-state index contributed by atoms with van der Waals surface area (Å²) in [5, 5.41) is 12.7. The fraction of sp³-hybridized carbons (Fsp3) is 0.250. The lowest BCUT2D eigenvalue weighted by Crippen LogP contribution is -2.53. The fourth-order valence-electron chi connectivity index (χ4n) is 8.85. The Morgan fingerprint density at radius 3 is 2.26 bits per heavy atom. The van der Waals surface area contributed by atoms with Crippen molar-refractivity contribution in [1.29, 1.82) is 0 Å². The highest BCUT2D eigenvalue weighted by Crippen LogP contribution is 2.64. The second-order valence-corrected chi connectivity index (χ2v) is 13.9. The number of benzene rings is 4. The average molecular weight is 688 g/mol. The Hall–Kier alpha value is -5.41. The van der Waals surface area contributed by atoms with Gasteiger partial charge in [0.1, 0.15) is 0 Å². The Kier molecular flexibility index (Phi) is 7.56. The van der Waals surface area contributed by atoms with Gasteiger partial charge < -0.3 is 9.84 Å². The first-order valence-corrected chi connectivity index (χ1v) is 17.0. The van der Waals surface area contributed by atoms with Crippen molar-refractivity contribution in [1.82, 2.24) is 5.01 Å². The average Bonchev–Trinajstić information content (AvgIpc) is 3.50. The molecule has 252 valence electrons. The number of hydrogen-bond donors (Lipinski definition) is 2. The maximum absolute atomic E-state index is 15.2. The summed E-state index contributed by atoms with van der Waals surface area (Å²) in [4.78, 5) is 59.5. The number of rotatable bonds is 6. The zero-order valence-electron chi connectivity index (χ0n) is 27.4. The molecule has 1 saturated carbocycles. The first-order chi connectivity index (χ1) is 24.1. The molecule has 4 aliphatic rings. The third-order valence-corrected chi connectivity index (χ3v) is 11.3. The number of anilines is 2. The number of fused-ring (bicyclic) bond motifs is 4. The van der Waals surface area contributed by atoms with E-state index in [-0.39, 0.29) is 36.2 Å². The van der Waals surface area contributed by atoms with Crippen LogP contribution in [0.3, 0.4) is 0 Å². The predicted molar refractivity (Wildman–Crippen MR) is 187 cm³/mol. The second kappa shape index (κ2) is 11.9. The zero-order valence-corrected chi connectivity index (χ0v) is 28.1. The maximum atomic E-state index is 15.2. The number of allylic oxidation sites excluding steroid dienone is 2. The molecule has 6 atom stereocenters. The first kappa shape index (κ1) is 31.8. The molecule has 0 bridgehead atoms. The summed E-state index contributed by atoms with van der Waals surface area (Å²) in [6.07, 6.45) is 2.44. The van der Waals surface area contributed by atoms with Crippen LogP contribution in [0.2, 0.25) is 5.02 Å². The summed E-state index contributed by atoms with van der Waals surface area (Å²) in [5.74, 6) is -4.93. The molecule has 0 spiro atoms. The molecule has 9 nitrogen and oxygen atoms in total. The molecular weight excluding hydrogens is 654 g/mol. The minimum atomic E-state index is -1.44. The molecule has 6 unspecified atom stereocenters. The third kappa shape index (κ3) is 4.60. The highest BCUT2D eigenvalue weighted by atomic mass is 35.5. The molecule has 10 heteroatoms. The van der Waals surface area contributed by atoms with Crippen LogP contribution in [-0.4, -0.2) is 40.9 Å². The van der Waals surface area contributed by atoms with Crippen LogP contribution in [0.5, 0.6) is 11.5 Å². The van der Waals surface area contributed by atoms with Crippen LogP contribution in [0.15, 0.2) is 109 Å². The number of phenols is 1. The molecule has 0 aromatic heterocycles. The molecule has 50 heavy (non-hydrogen) atoms. The maximum Gasteiger partial charge on any atom is 0.260 e. The van der Waals surface area contributed by atoms with E-state index in [2.05, 4.69) is 5.43 Å². The van der Waals surface area contributed by atoms with E-state index in [0.717, 1.165) is 16.1 Å². The summed E-state index contributed by atoms with van der Waals surface area (Å²) < 4.78 is 5.36. The topological polar surface area (TPSA) is 116 Å². The minimum Gasteiger partial charge on any atom is -0.504 e. The van der Waals surface area contributed by atoms with Gasteiger partial charge in [-0.2, -0.15) is 5.01 Å². The summed E-state index contributed by atoms with van der Waals surface area (Å²) >= 11 is 6.13. The highest BCUT2D eigenvalue weighted by molar-refractivity contribution is 6.31. The Bertz CT molecular complexity index is 2080. The number of hydrazine groups is 1. The van der Waals surface area contributed by atoms with Crippen molar-refractivity contribution in [3.8, 4) is 11.5 Å². The number of aryl methyl sites for hydroxylation is 1. The molecule has 4 amide bonds. The van der Waals surface area contributed by atoms with Crippen molar-refractivity contribution < 1.29 is 29.0 Å². The van der Waals surface area contributed by atoms with Gasteiger partial charge in [-0.05, 0) is 85.3 Å². The van der Waals surface area contributed by atoms with E-state index in [9.17, 15) is 19.5 Å². The van der Waals surface area contributed by atoms with Crippen molar-refractivity contribution in [2.75, 3.05) is 17.4 Å². The third-order valence-electron chi connectivity index (χ3n) is 11.0. The molecular formula is C40H34ClN3O6. The van der Waals surface area contributed by atoms with Gasteiger partial charge in [-0.15, -0.1) is 0 Å². The number of nitrogens with zero attached hydrogens (tertiary/aromatic N) is 2.